The zero-order valence-corrected chi connectivity index (χ0v) is 9.11. The second-order valence-corrected chi connectivity index (χ2v) is 3.30. The molecule has 17 heavy (non-hydrogen) atoms. The fourth-order valence-corrected chi connectivity index (χ4v) is 1.28. The molecule has 2 unspecified atom stereocenters. The Balaban J connectivity index is 3.18. The summed E-state index contributed by atoms with van der Waals surface area (Å²) in [5, 5.41) is 29.7. The summed E-state index contributed by atoms with van der Waals surface area (Å²) in [4.78, 5) is 13.6. The van der Waals surface area contributed by atoms with E-state index in [0.29, 0.717) is 0 Å². The van der Waals surface area contributed by atoms with Crippen LogP contribution in [0.2, 0.25) is 0 Å². The largest absolute Gasteiger partial charge is 0.481 e. The van der Waals surface area contributed by atoms with Crippen LogP contribution in [0.3, 0.4) is 0 Å². The molecule has 0 saturated carbocycles. The molecule has 8 heteroatoms. The number of rotatable bonds is 5. The standard InChI is InChI=1S/C9H13N3O5/c1-17-9-6(8(14)7(13)3-10)2-5(4-11-9)12(15)16/h2,4,7-8,13-14H,3,10H2,1H3. The molecule has 94 valence electrons. The summed E-state index contributed by atoms with van der Waals surface area (Å²) in [7, 11) is 1.30. The van der Waals surface area contributed by atoms with Crippen LogP contribution in [0.5, 0.6) is 5.88 Å². The number of aliphatic hydroxyl groups excluding tert-OH is 2. The van der Waals surface area contributed by atoms with Crippen molar-refractivity contribution in [3.8, 4) is 5.88 Å². The lowest BCUT2D eigenvalue weighted by Gasteiger charge is -2.17. The van der Waals surface area contributed by atoms with Gasteiger partial charge in [0.1, 0.15) is 12.3 Å². The van der Waals surface area contributed by atoms with Crippen LogP contribution >= 0.6 is 0 Å². The lowest BCUT2D eigenvalue weighted by atomic mass is 10.1. The zero-order chi connectivity index (χ0) is 13.0. The minimum Gasteiger partial charge on any atom is -0.481 e. The van der Waals surface area contributed by atoms with Crippen LogP contribution in [0.15, 0.2) is 12.3 Å². The fourth-order valence-electron chi connectivity index (χ4n) is 1.28. The number of nitro groups is 1. The highest BCUT2D eigenvalue weighted by Crippen LogP contribution is 2.28. The Morgan fingerprint density at radius 2 is 2.29 bits per heavy atom. The van der Waals surface area contributed by atoms with Gasteiger partial charge >= 0.3 is 0 Å². The summed E-state index contributed by atoms with van der Waals surface area (Å²) in [6.45, 7) is -0.187. The van der Waals surface area contributed by atoms with E-state index < -0.39 is 17.1 Å². The van der Waals surface area contributed by atoms with Crippen LogP contribution in [0, 0.1) is 10.1 Å². The van der Waals surface area contributed by atoms with Gasteiger partial charge in [-0.2, -0.15) is 0 Å². The van der Waals surface area contributed by atoms with Gasteiger partial charge in [-0.05, 0) is 0 Å². The van der Waals surface area contributed by atoms with Crippen molar-refractivity contribution in [1.82, 2.24) is 4.98 Å². The smallest absolute Gasteiger partial charge is 0.288 e. The molecule has 0 fully saturated rings. The molecule has 0 radical (unpaired) electrons. The lowest BCUT2D eigenvalue weighted by molar-refractivity contribution is -0.385. The van der Waals surface area contributed by atoms with E-state index in [0.717, 1.165) is 12.3 Å². The third-order valence-electron chi connectivity index (χ3n) is 2.19. The van der Waals surface area contributed by atoms with Crippen molar-refractivity contribution in [1.29, 1.82) is 0 Å². The fraction of sp³-hybridized carbons (Fsp3) is 0.444. The van der Waals surface area contributed by atoms with Crippen LogP contribution < -0.4 is 10.5 Å². The molecule has 0 aliphatic heterocycles. The van der Waals surface area contributed by atoms with Gasteiger partial charge in [-0.15, -0.1) is 0 Å². The average molecular weight is 243 g/mol. The Morgan fingerprint density at radius 1 is 1.65 bits per heavy atom. The van der Waals surface area contributed by atoms with Crippen molar-refractivity contribution in [2.45, 2.75) is 12.2 Å². The number of pyridine rings is 1. The van der Waals surface area contributed by atoms with Crippen LogP contribution in [0.4, 0.5) is 5.69 Å². The Kier molecular flexibility index (Phi) is 4.32. The number of hydrogen-bond donors (Lipinski definition) is 3. The highest BCUT2D eigenvalue weighted by molar-refractivity contribution is 5.39. The lowest BCUT2D eigenvalue weighted by Crippen LogP contribution is -2.27. The first-order chi connectivity index (χ1) is 8.01. The maximum absolute atomic E-state index is 10.6. The number of aliphatic hydroxyl groups is 2. The SMILES string of the molecule is COc1ncc([N+](=O)[O-])cc1C(O)C(O)CN. The third kappa shape index (κ3) is 2.87. The van der Waals surface area contributed by atoms with E-state index in [4.69, 9.17) is 10.5 Å². The summed E-state index contributed by atoms with van der Waals surface area (Å²) in [5.74, 6) is 0.00981. The van der Waals surface area contributed by atoms with Gasteiger partial charge in [0, 0.05) is 12.6 Å². The second kappa shape index (κ2) is 5.53. The molecule has 0 amide bonds. The molecule has 1 rings (SSSR count). The molecule has 0 aromatic carbocycles. The Bertz CT molecular complexity index is 412. The number of ether oxygens (including phenoxy) is 1. The summed E-state index contributed by atoms with van der Waals surface area (Å²) < 4.78 is 4.85. The van der Waals surface area contributed by atoms with Crippen LogP contribution in [-0.2, 0) is 0 Å². The van der Waals surface area contributed by atoms with Crippen LogP contribution in [-0.4, -0.2) is 39.9 Å². The van der Waals surface area contributed by atoms with Gasteiger partial charge in [0.15, 0.2) is 0 Å². The molecule has 0 aliphatic carbocycles. The first-order valence-electron chi connectivity index (χ1n) is 4.75. The summed E-state index contributed by atoms with van der Waals surface area (Å²) in [5.41, 5.74) is 4.92. The monoisotopic (exact) mass is 243 g/mol. The van der Waals surface area contributed by atoms with Gasteiger partial charge in [-0.1, -0.05) is 0 Å². The molecule has 4 N–H and O–H groups in total. The number of methoxy groups -OCH3 is 1. The molecule has 1 aromatic rings. The minimum absolute atomic E-state index is 0.00981. The van der Waals surface area contributed by atoms with Gasteiger partial charge in [0.05, 0.1) is 23.7 Å². The highest BCUT2D eigenvalue weighted by atomic mass is 16.6. The highest BCUT2D eigenvalue weighted by Gasteiger charge is 2.24. The maximum Gasteiger partial charge on any atom is 0.288 e. The van der Waals surface area contributed by atoms with Gasteiger partial charge in [-0.25, -0.2) is 4.98 Å². The molecule has 8 nitrogen and oxygen atoms in total. The summed E-state index contributed by atoms with van der Waals surface area (Å²) >= 11 is 0. The van der Waals surface area contributed by atoms with E-state index in [2.05, 4.69) is 4.98 Å². The van der Waals surface area contributed by atoms with Crippen LogP contribution in [0.1, 0.15) is 11.7 Å². The normalized spacial score (nSPS) is 14.1. The molecule has 1 aromatic heterocycles. The Labute approximate surface area is 96.8 Å². The van der Waals surface area contributed by atoms with E-state index in [-0.39, 0.29) is 23.7 Å². The van der Waals surface area contributed by atoms with Crippen molar-refractivity contribution >= 4 is 5.69 Å². The van der Waals surface area contributed by atoms with Crippen LogP contribution in [0.25, 0.3) is 0 Å². The van der Waals surface area contributed by atoms with E-state index >= 15 is 0 Å². The summed E-state index contributed by atoms with van der Waals surface area (Å²) in [6, 6.07) is 1.09. The van der Waals surface area contributed by atoms with E-state index in [1.54, 1.807) is 0 Å². The molecule has 0 bridgehead atoms. The molecule has 0 saturated heterocycles. The first kappa shape index (κ1) is 13.3. The van der Waals surface area contributed by atoms with E-state index in [1.807, 2.05) is 0 Å². The van der Waals surface area contributed by atoms with Gasteiger partial charge in [0.25, 0.3) is 5.69 Å². The predicted octanol–water partition coefficient (Wildman–Crippen LogP) is -0.649. The number of aromatic nitrogens is 1. The topological polar surface area (TPSA) is 132 Å². The van der Waals surface area contributed by atoms with Crippen molar-refractivity contribution in [3.05, 3.63) is 27.9 Å². The molecule has 0 aliphatic rings. The van der Waals surface area contributed by atoms with Crippen molar-refractivity contribution in [2.75, 3.05) is 13.7 Å². The Hall–Kier alpha value is -1.77. The molecule has 2 atom stereocenters. The van der Waals surface area contributed by atoms with Gasteiger partial charge < -0.3 is 20.7 Å². The average Bonchev–Trinajstić information content (AvgIpc) is 2.35. The van der Waals surface area contributed by atoms with Crippen molar-refractivity contribution < 1.29 is 19.9 Å². The number of hydrogen-bond acceptors (Lipinski definition) is 7. The van der Waals surface area contributed by atoms with Gasteiger partial charge in [0.2, 0.25) is 5.88 Å². The molecule has 0 spiro atoms. The molecular formula is C9H13N3O5. The second-order valence-electron chi connectivity index (χ2n) is 3.30. The van der Waals surface area contributed by atoms with E-state index in [9.17, 15) is 20.3 Å². The third-order valence-corrected chi connectivity index (χ3v) is 2.19. The minimum atomic E-state index is -1.39. The number of nitrogens with zero attached hydrogens (tertiary/aromatic N) is 2. The molecule has 1 heterocycles. The summed E-state index contributed by atoms with van der Waals surface area (Å²) in [6.07, 6.45) is -1.63. The number of nitrogens with two attached hydrogens (primary N) is 1. The Morgan fingerprint density at radius 3 is 2.76 bits per heavy atom. The molecular weight excluding hydrogens is 230 g/mol. The van der Waals surface area contributed by atoms with Crippen molar-refractivity contribution in [2.24, 2.45) is 5.73 Å². The van der Waals surface area contributed by atoms with Gasteiger partial charge in [-0.3, -0.25) is 10.1 Å². The predicted molar refractivity (Wildman–Crippen MR) is 57.5 cm³/mol. The van der Waals surface area contributed by atoms with Crippen molar-refractivity contribution in [3.63, 3.8) is 0 Å². The van der Waals surface area contributed by atoms with E-state index in [1.165, 1.54) is 7.11 Å². The maximum atomic E-state index is 10.6. The quantitative estimate of drug-likeness (QED) is 0.462. The zero-order valence-electron chi connectivity index (χ0n) is 9.11. The first-order valence-corrected chi connectivity index (χ1v) is 4.75.